The molecule has 24 heavy (non-hydrogen) atoms. The molecule has 0 bridgehead atoms. The first-order chi connectivity index (χ1) is 11.6. The minimum atomic E-state index is -0.257. The normalized spacial score (nSPS) is 16.7. The van der Waals surface area contributed by atoms with E-state index < -0.39 is 0 Å². The maximum Gasteiger partial charge on any atom is 0.237 e. The van der Waals surface area contributed by atoms with Crippen LogP contribution in [-0.4, -0.2) is 27.9 Å². The lowest BCUT2D eigenvalue weighted by atomic mass is 10.1. The molecule has 6 heteroatoms. The largest absolute Gasteiger partial charge is 0.508 e. The molecule has 0 radical (unpaired) electrons. The number of thioether (sulfide) groups is 1. The second-order valence-electron chi connectivity index (χ2n) is 5.58. The van der Waals surface area contributed by atoms with Crippen LogP contribution in [0.25, 0.3) is 0 Å². The lowest BCUT2D eigenvalue weighted by molar-refractivity contribution is -0.115. The highest BCUT2D eigenvalue weighted by molar-refractivity contribution is 8.01. The van der Waals surface area contributed by atoms with Crippen LogP contribution in [-0.2, 0) is 16.0 Å². The summed E-state index contributed by atoms with van der Waals surface area (Å²) in [5, 5.41) is 14.8. The van der Waals surface area contributed by atoms with Crippen LogP contribution in [0.3, 0.4) is 0 Å². The average molecular weight is 342 g/mol. The van der Waals surface area contributed by atoms with Crippen LogP contribution in [0.15, 0.2) is 48.5 Å². The summed E-state index contributed by atoms with van der Waals surface area (Å²) in [5.74, 6) is 0.0287. The molecule has 1 atom stereocenters. The number of carbonyl (C=O) groups is 2. The average Bonchev–Trinajstić information content (AvgIpc) is 2.71. The van der Waals surface area contributed by atoms with Crippen LogP contribution in [0.1, 0.15) is 12.0 Å². The maximum absolute atomic E-state index is 12.3. The minimum Gasteiger partial charge on any atom is -0.508 e. The van der Waals surface area contributed by atoms with Gasteiger partial charge in [-0.1, -0.05) is 24.3 Å². The van der Waals surface area contributed by atoms with Crippen molar-refractivity contribution < 1.29 is 14.7 Å². The summed E-state index contributed by atoms with van der Waals surface area (Å²) in [4.78, 5) is 24.3. The quantitative estimate of drug-likeness (QED) is 0.798. The first-order valence-electron chi connectivity index (χ1n) is 7.71. The van der Waals surface area contributed by atoms with Crippen molar-refractivity contribution >= 4 is 35.0 Å². The Bertz CT molecular complexity index is 763. The molecule has 1 aliphatic rings. The second-order valence-corrected chi connectivity index (χ2v) is 6.77. The lowest BCUT2D eigenvalue weighted by Gasteiger charge is -2.12. The molecule has 5 nitrogen and oxygen atoms in total. The smallest absolute Gasteiger partial charge is 0.237 e. The number of phenolic OH excluding ortho intramolecular Hbond substituents is 1. The first kappa shape index (κ1) is 16.4. The van der Waals surface area contributed by atoms with Crippen LogP contribution in [0.4, 0.5) is 11.4 Å². The fraction of sp³-hybridized carbons (Fsp3) is 0.222. The molecule has 0 saturated carbocycles. The Hall–Kier alpha value is -2.47. The number of aromatic hydroxyl groups is 1. The third-order valence-corrected chi connectivity index (χ3v) is 5.07. The number of carbonyl (C=O) groups excluding carboxylic acids is 2. The molecule has 124 valence electrons. The molecule has 3 rings (SSSR count). The molecule has 2 amide bonds. The third kappa shape index (κ3) is 4.08. The standard InChI is InChI=1S/C18H18N2O3S/c21-14-6-3-5-13(10-14)19-17(22)11-24-16-9-8-12-4-1-2-7-15(12)20-18(16)23/h1-7,10,16,21H,8-9,11H2,(H,19,22)(H,20,23)/t16-/m1/s1. The van der Waals surface area contributed by atoms with E-state index in [0.29, 0.717) is 12.1 Å². The summed E-state index contributed by atoms with van der Waals surface area (Å²) in [7, 11) is 0. The maximum atomic E-state index is 12.3. The van der Waals surface area contributed by atoms with E-state index in [0.717, 1.165) is 17.7 Å². The number of aryl methyl sites for hydroxylation is 1. The summed E-state index contributed by atoms with van der Waals surface area (Å²) in [6.45, 7) is 0. The van der Waals surface area contributed by atoms with Crippen LogP contribution < -0.4 is 10.6 Å². The Balaban J connectivity index is 1.55. The topological polar surface area (TPSA) is 78.4 Å². The van der Waals surface area contributed by atoms with Crippen molar-refractivity contribution in [3.05, 3.63) is 54.1 Å². The number of nitrogens with one attached hydrogen (secondary N) is 2. The van der Waals surface area contributed by atoms with Gasteiger partial charge in [0.1, 0.15) is 5.75 Å². The van der Waals surface area contributed by atoms with Gasteiger partial charge in [0.05, 0.1) is 11.0 Å². The minimum absolute atomic E-state index is 0.0601. The zero-order valence-corrected chi connectivity index (χ0v) is 13.8. The number of para-hydroxylation sites is 1. The molecule has 1 heterocycles. The zero-order chi connectivity index (χ0) is 16.9. The van der Waals surface area contributed by atoms with Crippen molar-refractivity contribution in [1.82, 2.24) is 0 Å². The van der Waals surface area contributed by atoms with E-state index in [1.165, 1.54) is 23.9 Å². The van der Waals surface area contributed by atoms with E-state index in [4.69, 9.17) is 0 Å². The van der Waals surface area contributed by atoms with Gasteiger partial charge in [-0.3, -0.25) is 9.59 Å². The van der Waals surface area contributed by atoms with E-state index in [9.17, 15) is 14.7 Å². The fourth-order valence-electron chi connectivity index (χ4n) is 2.61. The number of amides is 2. The summed E-state index contributed by atoms with van der Waals surface area (Å²) in [6.07, 6.45) is 1.51. The van der Waals surface area contributed by atoms with E-state index >= 15 is 0 Å². The first-order valence-corrected chi connectivity index (χ1v) is 8.76. The van der Waals surface area contributed by atoms with Crippen molar-refractivity contribution in [3.8, 4) is 5.75 Å². The van der Waals surface area contributed by atoms with Gasteiger partial charge < -0.3 is 15.7 Å². The van der Waals surface area contributed by atoms with Crippen molar-refractivity contribution in [1.29, 1.82) is 0 Å². The highest BCUT2D eigenvalue weighted by Gasteiger charge is 2.24. The van der Waals surface area contributed by atoms with E-state index in [1.54, 1.807) is 12.1 Å². The molecular weight excluding hydrogens is 324 g/mol. The summed E-state index contributed by atoms with van der Waals surface area (Å²) in [6, 6.07) is 14.2. The van der Waals surface area contributed by atoms with Gasteiger partial charge in [0, 0.05) is 17.4 Å². The molecule has 1 aliphatic heterocycles. The Morgan fingerprint density at radius 1 is 1.25 bits per heavy atom. The summed E-state index contributed by atoms with van der Waals surface area (Å²) >= 11 is 1.33. The molecule has 0 unspecified atom stereocenters. The summed E-state index contributed by atoms with van der Waals surface area (Å²) < 4.78 is 0. The van der Waals surface area contributed by atoms with Gasteiger partial charge >= 0.3 is 0 Å². The van der Waals surface area contributed by atoms with Crippen molar-refractivity contribution in [3.63, 3.8) is 0 Å². The van der Waals surface area contributed by atoms with Gasteiger partial charge in [-0.2, -0.15) is 0 Å². The number of hydrogen-bond donors (Lipinski definition) is 3. The van der Waals surface area contributed by atoms with Crippen molar-refractivity contribution in [2.75, 3.05) is 16.4 Å². The number of hydrogen-bond acceptors (Lipinski definition) is 4. The Morgan fingerprint density at radius 3 is 2.92 bits per heavy atom. The van der Waals surface area contributed by atoms with Crippen molar-refractivity contribution in [2.24, 2.45) is 0 Å². The van der Waals surface area contributed by atoms with Gasteiger partial charge in [0.15, 0.2) is 0 Å². The predicted octanol–water partition coefficient (Wildman–Crippen LogP) is 3.02. The lowest BCUT2D eigenvalue weighted by Crippen LogP contribution is -2.26. The van der Waals surface area contributed by atoms with Crippen LogP contribution in [0.2, 0.25) is 0 Å². The highest BCUT2D eigenvalue weighted by atomic mass is 32.2. The molecule has 2 aromatic carbocycles. The second kappa shape index (κ2) is 7.40. The molecule has 3 N–H and O–H groups in total. The molecular formula is C18H18N2O3S. The number of benzene rings is 2. The highest BCUT2D eigenvalue weighted by Crippen LogP contribution is 2.27. The SMILES string of the molecule is O=C(CS[C@@H]1CCc2ccccc2NC1=O)Nc1cccc(O)c1. The third-order valence-electron chi connectivity index (χ3n) is 3.79. The van der Waals surface area contributed by atoms with Crippen molar-refractivity contribution in [2.45, 2.75) is 18.1 Å². The molecule has 0 saturated heterocycles. The number of phenols is 1. The Labute approximate surface area is 144 Å². The van der Waals surface area contributed by atoms with E-state index in [2.05, 4.69) is 10.6 Å². The van der Waals surface area contributed by atoms with E-state index in [1.807, 2.05) is 24.3 Å². The van der Waals surface area contributed by atoms with Crippen LogP contribution in [0, 0.1) is 0 Å². The van der Waals surface area contributed by atoms with Gasteiger partial charge in [-0.25, -0.2) is 0 Å². The number of anilines is 2. The molecule has 0 aromatic heterocycles. The molecule has 0 fully saturated rings. The molecule has 2 aromatic rings. The summed E-state index contributed by atoms with van der Waals surface area (Å²) in [5.41, 5.74) is 2.52. The number of rotatable bonds is 4. The van der Waals surface area contributed by atoms with Gasteiger partial charge in [-0.05, 0) is 36.6 Å². The Morgan fingerprint density at radius 2 is 2.08 bits per heavy atom. The van der Waals surface area contributed by atoms with E-state index in [-0.39, 0.29) is 28.6 Å². The fourth-order valence-corrected chi connectivity index (χ4v) is 3.53. The van der Waals surface area contributed by atoms with Crippen LogP contribution >= 0.6 is 11.8 Å². The molecule has 0 aliphatic carbocycles. The Kier molecular flexibility index (Phi) is 5.05. The zero-order valence-electron chi connectivity index (χ0n) is 13.0. The monoisotopic (exact) mass is 342 g/mol. The van der Waals surface area contributed by atoms with Gasteiger partial charge in [0.2, 0.25) is 11.8 Å². The van der Waals surface area contributed by atoms with Gasteiger partial charge in [0.25, 0.3) is 0 Å². The van der Waals surface area contributed by atoms with Gasteiger partial charge in [-0.15, -0.1) is 11.8 Å². The van der Waals surface area contributed by atoms with Crippen LogP contribution in [0.5, 0.6) is 5.75 Å². The molecule has 0 spiro atoms. The number of fused-ring (bicyclic) bond motifs is 1. The predicted molar refractivity (Wildman–Crippen MR) is 96.4 cm³/mol.